The number of nitrogens with one attached hydrogen (secondary N) is 3. The van der Waals surface area contributed by atoms with Gasteiger partial charge in [-0.05, 0) is 180 Å². The van der Waals surface area contributed by atoms with Crippen molar-refractivity contribution >= 4 is 167 Å². The second kappa shape index (κ2) is 45.6. The van der Waals surface area contributed by atoms with Crippen LogP contribution < -0.4 is 5.46 Å². The lowest BCUT2D eigenvalue weighted by atomic mass is 9.81. The summed E-state index contributed by atoms with van der Waals surface area (Å²) in [6.07, 6.45) is 21.8. The van der Waals surface area contributed by atoms with E-state index in [4.69, 9.17) is 56.4 Å². The van der Waals surface area contributed by atoms with Crippen LogP contribution in [0.5, 0.6) is 0 Å². The number of fused-ring (bicyclic) bond motifs is 3. The fourth-order valence-corrected chi connectivity index (χ4v) is 15.5. The summed E-state index contributed by atoms with van der Waals surface area (Å²) in [5.74, 6) is 0.637. The lowest BCUT2D eigenvalue weighted by molar-refractivity contribution is 0.00578. The van der Waals surface area contributed by atoms with Gasteiger partial charge < -0.3 is 66.5 Å². The zero-order chi connectivity index (χ0) is 91.9. The van der Waals surface area contributed by atoms with Crippen molar-refractivity contribution in [3.63, 3.8) is 0 Å². The number of carbonyl (C=O) groups is 6. The molecule has 2 fully saturated rings. The minimum Gasteiger partial charge on any atom is -0.443 e. The lowest BCUT2D eigenvalue weighted by Crippen LogP contribution is -2.44. The zero-order valence-electron chi connectivity index (χ0n) is 73.8. The number of rotatable bonds is 24. The first-order valence-electron chi connectivity index (χ1n) is 39.7. The molecule has 0 saturated carbocycles. The highest BCUT2D eigenvalue weighted by atomic mass is 79.9. The Balaban J connectivity index is 0.000000230. The van der Waals surface area contributed by atoms with Gasteiger partial charge in [0, 0.05) is 143 Å². The SMILES string of the molecule is C.CC(C)(C)OC(=O)n1cc(B2OC(C)(C)C(C)(C)O2)cc1C=O.CC(C)(C)OC(=O)n1cc(Br)cc1C=O.CCS(=O)(=O)N1CC(=CC#N)C1.C[Si](C)(C)CCOCn1ccc2c(-c3c[nH]c(C=O)c3)ncnc21.C[Si](C)(C)CCOCn1ccc2c(Cl)ncnc21.O=Cc1cc(Br)c[nH]1.[C-]#[N+]c1cc(-c2ncnc3c2ccn3COCC[Si](C)(C)C)c[nH]1. The molecular formula is C85H115BBr2ClN17O15SSi3. The molecule has 125 heavy (non-hydrogen) atoms. The Hall–Kier alpha value is -9.72. The van der Waals surface area contributed by atoms with Crippen molar-refractivity contribution in [1.82, 2.24) is 72.0 Å². The van der Waals surface area contributed by atoms with Gasteiger partial charge in [0.15, 0.2) is 25.1 Å². The summed E-state index contributed by atoms with van der Waals surface area (Å²) < 4.78 is 73.1. The first-order chi connectivity index (χ1) is 58.0. The molecule has 2 aliphatic rings. The average Bonchev–Trinajstić information content (AvgIpc) is 1.66. The van der Waals surface area contributed by atoms with Gasteiger partial charge in [0.05, 0.1) is 68.8 Å². The largest absolute Gasteiger partial charge is 0.496 e. The van der Waals surface area contributed by atoms with E-state index < -0.39 is 76.0 Å². The van der Waals surface area contributed by atoms with E-state index in [1.54, 1.807) is 110 Å². The fourth-order valence-electron chi connectivity index (χ4n) is 11.2. The minimum atomic E-state index is -3.03. The number of sulfonamides is 1. The van der Waals surface area contributed by atoms with Crippen LogP contribution in [-0.4, -0.2) is 210 Å². The number of H-pyrrole nitrogens is 3. The van der Waals surface area contributed by atoms with E-state index in [-0.39, 0.29) is 24.6 Å². The van der Waals surface area contributed by atoms with Crippen LogP contribution in [0.1, 0.15) is 126 Å². The number of aldehydes is 4. The van der Waals surface area contributed by atoms with Crippen molar-refractivity contribution in [2.45, 2.75) is 203 Å². The van der Waals surface area contributed by atoms with Gasteiger partial charge in [-0.2, -0.15) is 9.57 Å². The molecular weight excluding hydrogens is 1820 g/mol. The molecule has 0 aliphatic carbocycles. The summed E-state index contributed by atoms with van der Waals surface area (Å²) in [7, 11) is -6.84. The summed E-state index contributed by atoms with van der Waals surface area (Å²) in [6.45, 7) is 52.8. The summed E-state index contributed by atoms with van der Waals surface area (Å²) in [6, 6.07) is 19.7. The van der Waals surface area contributed by atoms with Crippen molar-refractivity contribution in [3.8, 4) is 28.6 Å². The highest BCUT2D eigenvalue weighted by Gasteiger charge is 2.52. The zero-order valence-corrected chi connectivity index (χ0v) is 81.6. The van der Waals surface area contributed by atoms with E-state index in [0.717, 1.165) is 110 Å². The molecule has 40 heteroatoms. The van der Waals surface area contributed by atoms with E-state index in [0.29, 0.717) is 78.1 Å². The van der Waals surface area contributed by atoms with Crippen LogP contribution in [0.4, 0.5) is 15.4 Å². The number of nitrogens with zero attached hydrogens (tertiary/aromatic N) is 14. The maximum atomic E-state index is 12.2. The number of allylic oxidation sites excluding steroid dienone is 1. The van der Waals surface area contributed by atoms with E-state index in [9.17, 15) is 37.2 Å². The van der Waals surface area contributed by atoms with Gasteiger partial charge in [0.2, 0.25) is 15.8 Å². The Morgan fingerprint density at radius 3 is 1.42 bits per heavy atom. The summed E-state index contributed by atoms with van der Waals surface area (Å²) >= 11 is 12.4. The summed E-state index contributed by atoms with van der Waals surface area (Å²) in [5.41, 5.74) is 6.78. The van der Waals surface area contributed by atoms with E-state index in [1.807, 2.05) is 84.3 Å². The Morgan fingerprint density at radius 1 is 0.608 bits per heavy atom. The second-order valence-corrected chi connectivity index (χ2v) is 56.7. The number of nitriles is 1. The highest BCUT2D eigenvalue weighted by molar-refractivity contribution is 9.10. The number of hydrogen-bond donors (Lipinski definition) is 3. The molecule has 3 N–H and O–H groups in total. The van der Waals surface area contributed by atoms with Crippen LogP contribution in [-0.2, 0) is 63.2 Å². The van der Waals surface area contributed by atoms with Crippen LogP contribution in [0.25, 0.3) is 60.5 Å². The van der Waals surface area contributed by atoms with Gasteiger partial charge in [0.1, 0.15) is 72.5 Å². The smallest absolute Gasteiger partial charge is 0.443 e. The topological polar surface area (TPSA) is 382 Å². The molecule has 13 heterocycles. The number of hydrogen-bond acceptors (Lipinski definition) is 22. The third-order valence-electron chi connectivity index (χ3n) is 18.7. The molecule has 0 aromatic carbocycles. The Bertz CT molecular complexity index is 5680. The Labute approximate surface area is 756 Å². The number of halogens is 3. The number of aromatic nitrogens is 14. The molecule has 11 aromatic heterocycles. The Kier molecular flexibility index (Phi) is 38.0. The monoisotopic (exact) mass is 1930 g/mol. The molecule has 672 valence electrons. The minimum absolute atomic E-state index is 0. The molecule has 32 nitrogen and oxygen atoms in total. The van der Waals surface area contributed by atoms with Crippen molar-refractivity contribution in [3.05, 3.63) is 177 Å². The van der Waals surface area contributed by atoms with Gasteiger partial charge in [-0.3, -0.25) is 23.7 Å². The van der Waals surface area contributed by atoms with Gasteiger partial charge >= 0.3 is 19.3 Å². The molecule has 0 unspecified atom stereocenters. The van der Waals surface area contributed by atoms with Gasteiger partial charge in [-0.15, -0.1) is 0 Å². The number of carbonyl (C=O) groups excluding carboxylic acids is 6. The van der Waals surface area contributed by atoms with Gasteiger partial charge in [-0.25, -0.2) is 52.5 Å². The highest BCUT2D eigenvalue weighted by Crippen LogP contribution is 2.37. The molecule has 0 atom stereocenters. The average molecular weight is 1940 g/mol. The molecule has 2 aliphatic heterocycles. The van der Waals surface area contributed by atoms with Crippen LogP contribution in [0.2, 0.25) is 82.2 Å². The first kappa shape index (κ1) is 104. The molecule has 0 amide bonds. The maximum Gasteiger partial charge on any atom is 0.496 e. The predicted molar refractivity (Wildman–Crippen MR) is 503 cm³/mol. The second-order valence-electron chi connectivity index (χ2n) is 35.4. The quantitative estimate of drug-likeness (QED) is 0.0126. The lowest BCUT2D eigenvalue weighted by Gasteiger charge is -2.32. The van der Waals surface area contributed by atoms with Crippen molar-refractivity contribution in [1.29, 1.82) is 5.26 Å². The maximum absolute atomic E-state index is 12.2. The van der Waals surface area contributed by atoms with E-state index in [2.05, 4.69) is 140 Å². The third-order valence-corrected chi connectivity index (χ3v) is 26.8. The van der Waals surface area contributed by atoms with Gasteiger partial charge in [0.25, 0.3) is 0 Å². The molecule has 0 bridgehead atoms. The standard InChI is InChI=1S/C17H21N5OSi.C17H22N4O2Si.C16H24BNO5.C12H18ClN3OSi.C10H12BrNO3.C7H10N2O2S.C5H4BrNO.CH4/c1-18-15-9-13(10-19-15)16-14-5-6-22(17(14)21-11-20-16)12-23-7-8-24(2,3)4;1-24(2,3)7-6-23-12-21-5-4-15-16(19-11-20-17(15)21)13-8-14(10-22)18-9-13;1-14(2,3)21-13(20)18-9-11(8-12(18)10-19)17-22-15(4,5)16(6,7)23-17;1-18(2,3)7-6-17-9-16-5-4-10-11(13)14-8-15-12(10)16;1-10(2,3)15-9(14)12-5-7(11)4-8(12)6-13;1-2-12(10,11)9-5-7(6-9)3-4-8;6-4-1-5(3-8)7-2-4;/h5-6,9-11,19H,7-8,12H2,2-4H3;4-5,8-11,18H,6-7,12H2,1-3H3;8-10H,1-7H3;4-5,8H,6-7,9H2,1-3H3;4-6H,1-3H3;3H,2,5-6H2,1H3;1-3,7H;1H4. The predicted octanol–water partition coefficient (Wildman–Crippen LogP) is 18.8. The van der Waals surface area contributed by atoms with Gasteiger partial charge in [-0.1, -0.05) is 84.5 Å². The van der Waals surface area contributed by atoms with E-state index >= 15 is 0 Å². The van der Waals surface area contributed by atoms with Crippen LogP contribution in [0.15, 0.2) is 138 Å². The normalized spacial score (nSPS) is 13.6. The molecule has 0 radical (unpaired) electrons. The molecule has 0 spiro atoms. The number of ether oxygens (including phenoxy) is 5. The number of aromatic amines is 3. The Morgan fingerprint density at radius 2 is 1.02 bits per heavy atom. The van der Waals surface area contributed by atoms with Crippen molar-refractivity contribution in [2.24, 2.45) is 0 Å². The van der Waals surface area contributed by atoms with Crippen LogP contribution >= 0.6 is 43.5 Å². The molecule has 2 saturated heterocycles. The van der Waals surface area contributed by atoms with Crippen LogP contribution in [0.3, 0.4) is 0 Å². The third kappa shape index (κ3) is 31.7. The van der Waals surface area contributed by atoms with Crippen LogP contribution in [0, 0.1) is 17.9 Å². The van der Waals surface area contributed by atoms with Crippen molar-refractivity contribution < 1.29 is 70.2 Å². The molecule has 13 rings (SSSR count). The fraction of sp³-hybridized carbons (Fsp3) is 0.435. The summed E-state index contributed by atoms with van der Waals surface area (Å²) in [4.78, 5) is 104. The molecule has 11 aromatic rings. The van der Waals surface area contributed by atoms with Crippen molar-refractivity contribution in [2.75, 3.05) is 38.7 Å². The van der Waals surface area contributed by atoms with E-state index in [1.165, 1.54) is 44.3 Å². The summed E-state index contributed by atoms with van der Waals surface area (Å²) in [5, 5.41) is 11.5. The first-order valence-corrected chi connectivity index (χ1v) is 54.4.